The molecule has 0 aliphatic heterocycles. The summed E-state index contributed by atoms with van der Waals surface area (Å²) < 4.78 is 25.9. The Kier molecular flexibility index (Phi) is 12.6. The van der Waals surface area contributed by atoms with E-state index in [-0.39, 0.29) is 30.3 Å². The highest BCUT2D eigenvalue weighted by molar-refractivity contribution is 7.18. The fourth-order valence-corrected chi connectivity index (χ4v) is 7.68. The number of Topliss-reactive ketones (excluding diaryl/α,β-unsaturated/α-hetero) is 1. The second kappa shape index (κ2) is 15.7. The van der Waals surface area contributed by atoms with Gasteiger partial charge in [0.05, 0.1) is 30.0 Å². The van der Waals surface area contributed by atoms with Crippen LogP contribution < -0.4 is 4.74 Å². The quantitative estimate of drug-likeness (QED) is 0.155. The van der Waals surface area contributed by atoms with Crippen molar-refractivity contribution in [3.8, 4) is 5.75 Å². The van der Waals surface area contributed by atoms with Gasteiger partial charge in [-0.1, -0.05) is 54.0 Å². The first-order valence-corrected chi connectivity index (χ1v) is 18.5. The third-order valence-corrected chi connectivity index (χ3v) is 10.5. The van der Waals surface area contributed by atoms with E-state index in [0.717, 1.165) is 30.5 Å². The molecule has 2 N–H and O–H groups in total. The first kappa shape index (κ1) is 38.5. The molecule has 0 saturated heterocycles. The summed E-state index contributed by atoms with van der Waals surface area (Å²) in [5, 5.41) is 21.5. The number of benzene rings is 1. The summed E-state index contributed by atoms with van der Waals surface area (Å²) in [4.78, 5) is 22.9. The van der Waals surface area contributed by atoms with Gasteiger partial charge in [-0.2, -0.15) is 5.10 Å². The second-order valence-corrected chi connectivity index (χ2v) is 16.4. The van der Waals surface area contributed by atoms with E-state index in [4.69, 9.17) is 9.47 Å². The molecule has 0 amide bonds. The smallest absolute Gasteiger partial charge is 0.318 e. The van der Waals surface area contributed by atoms with Gasteiger partial charge in [-0.05, 0) is 120 Å². The van der Waals surface area contributed by atoms with Crippen LogP contribution in [0.25, 0.3) is 0 Å². The number of carbonyl (C=O) groups is 2. The van der Waals surface area contributed by atoms with E-state index in [2.05, 4.69) is 27.3 Å². The molecule has 1 aromatic carbocycles. The Balaban J connectivity index is 0.000000164. The van der Waals surface area contributed by atoms with Crippen molar-refractivity contribution >= 4 is 21.0 Å². The van der Waals surface area contributed by atoms with Crippen LogP contribution in [0.15, 0.2) is 24.3 Å². The van der Waals surface area contributed by atoms with Crippen LogP contribution in [0.3, 0.4) is 0 Å². The Labute approximate surface area is 288 Å². The van der Waals surface area contributed by atoms with E-state index in [0.29, 0.717) is 34.6 Å². The second-order valence-electron chi connectivity index (χ2n) is 15.3. The van der Waals surface area contributed by atoms with Crippen LogP contribution >= 0.6 is 9.24 Å². The first-order valence-electron chi connectivity index (χ1n) is 17.9. The molecule has 3 unspecified atom stereocenters. The van der Waals surface area contributed by atoms with Gasteiger partial charge in [0.15, 0.2) is 11.2 Å². The van der Waals surface area contributed by atoms with Gasteiger partial charge in [0.25, 0.3) is 0 Å². The Hall–Kier alpha value is -2.35. The molecule has 8 nitrogen and oxygen atoms in total. The standard InChI is InChI=1S/C15H22O3.C12H20O2.C11H16FN2OP/c1-10-6-4-7-12(10)13-8-5-9-14(11(13)2)18-15(3,16)17;1-9(2)14-11(13)10-5-3-4-6-12(10)7-8-12;1-7(15)6-14-10(11(2,12)16)5-9(13-14)8-3-4-8/h5,8-10,12,16-17H,4,6-7H2,1-3H3;9-10H,3-8H2,1-2H3;5,8H,3-4,6,16H2,1-2H3/t10-,12+;;/m0../s1. The van der Waals surface area contributed by atoms with Crippen molar-refractivity contribution in [3.63, 3.8) is 0 Å². The molecule has 4 aliphatic carbocycles. The van der Waals surface area contributed by atoms with Gasteiger partial charge in [0.1, 0.15) is 5.75 Å². The zero-order valence-electron chi connectivity index (χ0n) is 30.1. The lowest BCUT2D eigenvalue weighted by Gasteiger charge is -2.30. The van der Waals surface area contributed by atoms with Gasteiger partial charge in [-0.25, -0.2) is 4.39 Å². The normalized spacial score (nSPS) is 24.1. The average Bonchev–Trinajstić information content (AvgIpc) is 3.88. The van der Waals surface area contributed by atoms with Crippen LogP contribution in [-0.2, 0) is 26.3 Å². The molecule has 5 atom stereocenters. The highest BCUT2D eigenvalue weighted by Gasteiger charge is 2.53. The third-order valence-electron chi connectivity index (χ3n) is 10.2. The maximum absolute atomic E-state index is 13.9. The molecule has 48 heavy (non-hydrogen) atoms. The molecule has 4 saturated carbocycles. The monoisotopic (exact) mass is 688 g/mol. The van der Waals surface area contributed by atoms with E-state index >= 15 is 0 Å². The van der Waals surface area contributed by atoms with Crippen molar-refractivity contribution in [3.05, 3.63) is 46.8 Å². The molecule has 6 rings (SSSR count). The number of alkyl halides is 1. The number of ether oxygens (including phenoxy) is 2. The van der Waals surface area contributed by atoms with Crippen molar-refractivity contribution in [2.75, 3.05) is 0 Å². The number of esters is 1. The lowest BCUT2D eigenvalue weighted by atomic mass is 9.76. The van der Waals surface area contributed by atoms with Gasteiger partial charge in [-0.3, -0.25) is 14.3 Å². The minimum atomic E-state index is -2.12. The predicted octanol–water partition coefficient (Wildman–Crippen LogP) is 8.21. The Morgan fingerprint density at radius 1 is 1.08 bits per heavy atom. The van der Waals surface area contributed by atoms with Crippen molar-refractivity contribution < 1.29 is 33.7 Å². The molecule has 2 aromatic rings. The number of nitrogens with zero attached hydrogens (tertiary/aromatic N) is 2. The minimum absolute atomic E-state index is 0.0130. The van der Waals surface area contributed by atoms with Crippen LogP contribution in [0, 0.1) is 24.2 Å². The lowest BCUT2D eigenvalue weighted by Crippen LogP contribution is -2.31. The number of halogens is 1. The summed E-state index contributed by atoms with van der Waals surface area (Å²) >= 11 is 0. The van der Waals surface area contributed by atoms with Crippen LogP contribution in [0.4, 0.5) is 4.39 Å². The van der Waals surface area contributed by atoms with Gasteiger partial charge >= 0.3 is 11.9 Å². The Morgan fingerprint density at radius 3 is 2.29 bits per heavy atom. The largest absolute Gasteiger partial charge is 0.463 e. The van der Waals surface area contributed by atoms with Crippen molar-refractivity contribution in [2.45, 2.75) is 155 Å². The summed E-state index contributed by atoms with van der Waals surface area (Å²) in [5.74, 6) is 0.436. The zero-order chi connectivity index (χ0) is 35.4. The van der Waals surface area contributed by atoms with Gasteiger partial charge in [0.2, 0.25) is 0 Å². The molecular weight excluding hydrogens is 630 g/mol. The summed E-state index contributed by atoms with van der Waals surface area (Å²) in [6, 6.07) is 7.62. The van der Waals surface area contributed by atoms with E-state index in [9.17, 15) is 24.2 Å². The van der Waals surface area contributed by atoms with E-state index < -0.39 is 11.4 Å². The lowest BCUT2D eigenvalue weighted by molar-refractivity contribution is -0.278. The molecule has 10 heteroatoms. The summed E-state index contributed by atoms with van der Waals surface area (Å²) in [7, 11) is 2.15. The Bertz CT molecular complexity index is 1400. The van der Waals surface area contributed by atoms with E-state index in [1.165, 1.54) is 82.4 Å². The number of carbonyl (C=O) groups excluding carboxylic acids is 2. The average molecular weight is 689 g/mol. The molecule has 1 spiro atoms. The third kappa shape index (κ3) is 10.6. The van der Waals surface area contributed by atoms with Crippen LogP contribution in [-0.4, -0.2) is 43.8 Å². The van der Waals surface area contributed by atoms with Crippen LogP contribution in [0.5, 0.6) is 5.75 Å². The maximum Gasteiger partial charge on any atom is 0.318 e. The molecular formula is C38H58FN2O6P. The van der Waals surface area contributed by atoms with Crippen molar-refractivity contribution in [2.24, 2.45) is 17.3 Å². The van der Waals surface area contributed by atoms with E-state index in [1.54, 1.807) is 12.1 Å². The van der Waals surface area contributed by atoms with Crippen molar-refractivity contribution in [1.29, 1.82) is 0 Å². The maximum atomic E-state index is 13.9. The van der Waals surface area contributed by atoms with Crippen LogP contribution in [0.1, 0.15) is 147 Å². The SMILES string of the molecule is CC(=O)Cn1nc(C2CC2)cc1C(C)(F)P.CC(C)OC(=O)C1CCCCC12CC2.Cc1c(OC(C)(O)O)cccc1[C@@H]1CCC[C@@H]1C. The molecule has 268 valence electrons. The topological polar surface area (TPSA) is 111 Å². The zero-order valence-corrected chi connectivity index (χ0v) is 31.2. The molecule has 0 radical (unpaired) electrons. The molecule has 0 bridgehead atoms. The fraction of sp³-hybridized carbons (Fsp3) is 0.711. The Morgan fingerprint density at radius 2 is 1.77 bits per heavy atom. The van der Waals surface area contributed by atoms with Gasteiger partial charge in [-0.15, -0.1) is 0 Å². The number of aliphatic hydroxyl groups is 2. The number of aromatic nitrogens is 2. The van der Waals surface area contributed by atoms with Gasteiger partial charge in [0, 0.05) is 12.8 Å². The minimum Gasteiger partial charge on any atom is -0.463 e. The molecule has 1 aromatic heterocycles. The van der Waals surface area contributed by atoms with Crippen LogP contribution in [0.2, 0.25) is 0 Å². The molecule has 1 heterocycles. The number of ketones is 1. The highest BCUT2D eigenvalue weighted by Crippen LogP contribution is 2.59. The van der Waals surface area contributed by atoms with E-state index in [1.807, 2.05) is 26.8 Å². The first-order chi connectivity index (χ1) is 22.4. The van der Waals surface area contributed by atoms with Crippen molar-refractivity contribution in [1.82, 2.24) is 9.78 Å². The fourth-order valence-electron chi connectivity index (χ4n) is 7.45. The number of hydrogen-bond acceptors (Lipinski definition) is 7. The molecule has 4 fully saturated rings. The van der Waals surface area contributed by atoms with Gasteiger partial charge < -0.3 is 19.7 Å². The summed E-state index contributed by atoms with van der Waals surface area (Å²) in [5.41, 5.74) is 4.06. The molecule has 4 aliphatic rings. The highest BCUT2D eigenvalue weighted by atomic mass is 31.0. The summed E-state index contributed by atoms with van der Waals surface area (Å²) in [6.07, 6.45) is 13.4. The number of rotatable bonds is 9. The predicted molar refractivity (Wildman–Crippen MR) is 188 cm³/mol. The number of hydrogen-bond donors (Lipinski definition) is 2. The summed E-state index contributed by atoms with van der Waals surface area (Å²) in [6.45, 7) is 12.4.